The molecule has 32 heavy (non-hydrogen) atoms. The predicted molar refractivity (Wildman–Crippen MR) is 124 cm³/mol. The van der Waals surface area contributed by atoms with Crippen LogP contribution in [0, 0.1) is 11.7 Å². The van der Waals surface area contributed by atoms with Crippen LogP contribution in [0.15, 0.2) is 36.4 Å². The summed E-state index contributed by atoms with van der Waals surface area (Å²) in [6.07, 6.45) is 2.12. The molecule has 1 N–H and O–H groups in total. The Balaban J connectivity index is 2.00. The van der Waals surface area contributed by atoms with Crippen molar-refractivity contribution < 1.29 is 18.7 Å². The number of halogens is 1. The zero-order valence-corrected chi connectivity index (χ0v) is 19.8. The first kappa shape index (κ1) is 24.1. The van der Waals surface area contributed by atoms with Crippen LogP contribution in [0.4, 0.5) is 4.39 Å². The molecule has 0 fully saturated rings. The minimum atomic E-state index is -0.236. The summed E-state index contributed by atoms with van der Waals surface area (Å²) in [6, 6.07) is 10.7. The van der Waals surface area contributed by atoms with E-state index in [1.165, 1.54) is 11.6 Å². The van der Waals surface area contributed by atoms with Crippen molar-refractivity contribution in [2.75, 3.05) is 20.8 Å². The third-order valence-electron chi connectivity index (χ3n) is 6.06. The monoisotopic (exact) mass is 442 g/mol. The van der Waals surface area contributed by atoms with Crippen molar-refractivity contribution in [1.82, 2.24) is 10.2 Å². The standard InChI is InChI=1S/C26H35FN2O3/c1-6-22(28-25(30)12-17(2)3)26-21-15-24(32-5)23(31-4)14-19(21)10-11-29(26)16-18-8-7-9-20(27)13-18/h7-9,13-15,17,22,26H,6,10-12,16H2,1-5H3,(H,28,30). The molecule has 1 amide bonds. The highest BCUT2D eigenvalue weighted by Gasteiger charge is 2.35. The van der Waals surface area contributed by atoms with Crippen molar-refractivity contribution in [2.45, 2.75) is 58.7 Å². The molecule has 174 valence electrons. The predicted octanol–water partition coefficient (Wildman–Crippen LogP) is 4.88. The normalized spacial score (nSPS) is 17.0. The molecular formula is C26H35FN2O3. The first-order valence-corrected chi connectivity index (χ1v) is 11.4. The highest BCUT2D eigenvalue weighted by Crippen LogP contribution is 2.40. The second kappa shape index (κ2) is 10.8. The van der Waals surface area contributed by atoms with Gasteiger partial charge in [0.25, 0.3) is 0 Å². The Labute approximate surface area is 190 Å². The molecule has 5 nitrogen and oxygen atoms in total. The summed E-state index contributed by atoms with van der Waals surface area (Å²) in [6.45, 7) is 7.59. The van der Waals surface area contributed by atoms with Crippen molar-refractivity contribution >= 4 is 5.91 Å². The van der Waals surface area contributed by atoms with E-state index in [0.29, 0.717) is 30.4 Å². The number of methoxy groups -OCH3 is 2. The molecule has 3 rings (SSSR count). The lowest BCUT2D eigenvalue weighted by molar-refractivity contribution is -0.123. The number of rotatable bonds is 9. The number of carbonyl (C=O) groups is 1. The van der Waals surface area contributed by atoms with Gasteiger partial charge >= 0.3 is 0 Å². The van der Waals surface area contributed by atoms with Crippen molar-refractivity contribution in [1.29, 1.82) is 0 Å². The lowest BCUT2D eigenvalue weighted by atomic mass is 9.86. The Kier molecular flexibility index (Phi) is 8.13. The van der Waals surface area contributed by atoms with Gasteiger partial charge in [-0.1, -0.05) is 32.9 Å². The maximum atomic E-state index is 13.9. The van der Waals surface area contributed by atoms with Crippen LogP contribution in [0.2, 0.25) is 0 Å². The Morgan fingerprint density at radius 2 is 1.91 bits per heavy atom. The zero-order valence-electron chi connectivity index (χ0n) is 19.8. The van der Waals surface area contributed by atoms with Crippen molar-refractivity contribution in [3.05, 3.63) is 58.9 Å². The van der Waals surface area contributed by atoms with E-state index in [4.69, 9.17) is 9.47 Å². The van der Waals surface area contributed by atoms with E-state index in [2.05, 4.69) is 17.1 Å². The van der Waals surface area contributed by atoms with E-state index in [0.717, 1.165) is 30.5 Å². The number of nitrogens with one attached hydrogen (secondary N) is 1. The SMILES string of the molecule is CCC(NC(=O)CC(C)C)C1c2cc(OC)c(OC)cc2CCN1Cc1cccc(F)c1. The molecule has 2 aromatic rings. The Morgan fingerprint density at radius 3 is 2.53 bits per heavy atom. The number of benzene rings is 2. The molecule has 0 aromatic heterocycles. The molecule has 0 saturated heterocycles. The van der Waals surface area contributed by atoms with Gasteiger partial charge in [-0.15, -0.1) is 0 Å². The van der Waals surface area contributed by atoms with Crippen LogP contribution >= 0.6 is 0 Å². The number of ether oxygens (including phenoxy) is 2. The Bertz CT molecular complexity index is 931. The summed E-state index contributed by atoms with van der Waals surface area (Å²) in [4.78, 5) is 15.0. The lowest BCUT2D eigenvalue weighted by Gasteiger charge is -2.42. The number of amides is 1. The number of carbonyl (C=O) groups excluding carboxylic acids is 1. The van der Waals surface area contributed by atoms with Crippen LogP contribution in [-0.4, -0.2) is 37.6 Å². The molecule has 0 saturated carbocycles. The van der Waals surface area contributed by atoms with Gasteiger partial charge in [-0.3, -0.25) is 9.69 Å². The maximum absolute atomic E-state index is 13.9. The van der Waals surface area contributed by atoms with Crippen molar-refractivity contribution in [3.63, 3.8) is 0 Å². The topological polar surface area (TPSA) is 50.8 Å². The number of fused-ring (bicyclic) bond motifs is 1. The fourth-order valence-corrected chi connectivity index (χ4v) is 4.59. The van der Waals surface area contributed by atoms with E-state index in [1.54, 1.807) is 26.4 Å². The minimum Gasteiger partial charge on any atom is -0.493 e. The summed E-state index contributed by atoms with van der Waals surface area (Å²) in [5, 5.41) is 3.28. The smallest absolute Gasteiger partial charge is 0.220 e. The average molecular weight is 443 g/mol. The third-order valence-corrected chi connectivity index (χ3v) is 6.06. The third kappa shape index (κ3) is 5.60. The summed E-state index contributed by atoms with van der Waals surface area (Å²) in [5.74, 6) is 1.50. The van der Waals surface area contributed by atoms with Crippen LogP contribution in [0.1, 0.15) is 56.3 Å². The number of nitrogens with zero attached hydrogens (tertiary/aromatic N) is 1. The van der Waals surface area contributed by atoms with Crippen LogP contribution in [0.3, 0.4) is 0 Å². The Morgan fingerprint density at radius 1 is 1.19 bits per heavy atom. The lowest BCUT2D eigenvalue weighted by Crippen LogP contribution is -2.48. The van der Waals surface area contributed by atoms with Crippen LogP contribution in [0.5, 0.6) is 11.5 Å². The summed E-state index contributed by atoms with van der Waals surface area (Å²) in [5.41, 5.74) is 3.24. The Hall–Kier alpha value is -2.60. The molecule has 0 spiro atoms. The maximum Gasteiger partial charge on any atom is 0.220 e. The minimum absolute atomic E-state index is 0.0528. The molecule has 1 heterocycles. The number of hydrogen-bond acceptors (Lipinski definition) is 4. The van der Waals surface area contributed by atoms with Gasteiger partial charge in [-0.05, 0) is 59.7 Å². The van der Waals surface area contributed by atoms with Gasteiger partial charge in [-0.25, -0.2) is 4.39 Å². The van der Waals surface area contributed by atoms with Gasteiger partial charge in [0.15, 0.2) is 11.5 Å². The first-order valence-electron chi connectivity index (χ1n) is 11.4. The van der Waals surface area contributed by atoms with E-state index < -0.39 is 0 Å². The highest BCUT2D eigenvalue weighted by atomic mass is 19.1. The summed E-state index contributed by atoms with van der Waals surface area (Å²) < 4.78 is 25.0. The fraction of sp³-hybridized carbons (Fsp3) is 0.500. The van der Waals surface area contributed by atoms with Gasteiger partial charge in [0, 0.05) is 25.6 Å². The molecular weight excluding hydrogens is 407 g/mol. The molecule has 1 aliphatic heterocycles. The van der Waals surface area contributed by atoms with E-state index in [9.17, 15) is 9.18 Å². The van der Waals surface area contributed by atoms with Gasteiger partial charge in [0.2, 0.25) is 5.91 Å². The molecule has 6 heteroatoms. The van der Waals surface area contributed by atoms with Crippen LogP contribution in [0.25, 0.3) is 0 Å². The largest absolute Gasteiger partial charge is 0.493 e. The van der Waals surface area contributed by atoms with Gasteiger partial charge in [-0.2, -0.15) is 0 Å². The average Bonchev–Trinajstić information content (AvgIpc) is 2.76. The van der Waals surface area contributed by atoms with Crippen LogP contribution in [-0.2, 0) is 17.8 Å². The van der Waals surface area contributed by atoms with E-state index >= 15 is 0 Å². The molecule has 0 bridgehead atoms. The molecule has 2 unspecified atom stereocenters. The van der Waals surface area contributed by atoms with Crippen molar-refractivity contribution in [2.24, 2.45) is 5.92 Å². The van der Waals surface area contributed by atoms with Gasteiger partial charge in [0.1, 0.15) is 5.82 Å². The molecule has 2 atom stereocenters. The fourth-order valence-electron chi connectivity index (χ4n) is 4.59. The van der Waals surface area contributed by atoms with Gasteiger partial charge in [0.05, 0.1) is 20.3 Å². The number of hydrogen-bond donors (Lipinski definition) is 1. The van der Waals surface area contributed by atoms with E-state index in [1.807, 2.05) is 32.0 Å². The van der Waals surface area contributed by atoms with E-state index in [-0.39, 0.29) is 23.8 Å². The summed E-state index contributed by atoms with van der Waals surface area (Å²) in [7, 11) is 3.27. The molecule has 1 aliphatic rings. The highest BCUT2D eigenvalue weighted by molar-refractivity contribution is 5.76. The van der Waals surface area contributed by atoms with Crippen LogP contribution < -0.4 is 14.8 Å². The van der Waals surface area contributed by atoms with Gasteiger partial charge < -0.3 is 14.8 Å². The molecule has 2 aromatic carbocycles. The molecule has 0 radical (unpaired) electrons. The zero-order chi connectivity index (χ0) is 23.3. The first-order chi connectivity index (χ1) is 15.4. The second-order valence-electron chi connectivity index (χ2n) is 8.88. The second-order valence-corrected chi connectivity index (χ2v) is 8.88. The quantitative estimate of drug-likeness (QED) is 0.601. The molecule has 0 aliphatic carbocycles. The summed E-state index contributed by atoms with van der Waals surface area (Å²) >= 11 is 0. The van der Waals surface area contributed by atoms with Crippen molar-refractivity contribution in [3.8, 4) is 11.5 Å².